The third-order valence-corrected chi connectivity index (χ3v) is 4.42. The van der Waals surface area contributed by atoms with Gasteiger partial charge < -0.3 is 14.7 Å². The second-order valence-corrected chi connectivity index (χ2v) is 7.05. The predicted molar refractivity (Wildman–Crippen MR) is 113 cm³/mol. The zero-order chi connectivity index (χ0) is 21.4. The topological polar surface area (TPSA) is 127 Å². The maximum absolute atomic E-state index is 12.3. The van der Waals surface area contributed by atoms with Gasteiger partial charge in [-0.25, -0.2) is 15.0 Å². The summed E-state index contributed by atoms with van der Waals surface area (Å²) in [4.78, 5) is 31.6. The largest absolute Gasteiger partial charge is 0.330 e. The van der Waals surface area contributed by atoms with Crippen LogP contribution in [0.25, 0.3) is 28.3 Å². The van der Waals surface area contributed by atoms with Gasteiger partial charge in [0.2, 0.25) is 11.8 Å². The van der Waals surface area contributed by atoms with Crippen molar-refractivity contribution < 1.29 is 4.52 Å². The quantitative estimate of drug-likeness (QED) is 0.454. The fourth-order valence-electron chi connectivity index (χ4n) is 3.09. The molecule has 11 nitrogen and oxygen atoms in total. The van der Waals surface area contributed by atoms with Crippen molar-refractivity contribution in [3.05, 3.63) is 64.8 Å². The molecular weight excluding hydrogens is 398 g/mol. The monoisotopic (exact) mass is 415 g/mol. The number of nitrogens with zero attached hydrogens (tertiary/aromatic N) is 8. The van der Waals surface area contributed by atoms with Gasteiger partial charge in [-0.1, -0.05) is 23.4 Å². The summed E-state index contributed by atoms with van der Waals surface area (Å²) in [6.45, 7) is 0.526. The van der Waals surface area contributed by atoms with E-state index in [-0.39, 0.29) is 17.4 Å². The van der Waals surface area contributed by atoms with Crippen molar-refractivity contribution in [2.75, 3.05) is 19.4 Å². The van der Waals surface area contributed by atoms with E-state index in [0.717, 1.165) is 5.39 Å². The van der Waals surface area contributed by atoms with Crippen molar-refractivity contribution in [3.63, 3.8) is 0 Å². The molecule has 0 unspecified atom stereocenters. The van der Waals surface area contributed by atoms with E-state index in [1.54, 1.807) is 18.2 Å². The molecule has 0 saturated carbocycles. The lowest BCUT2D eigenvalue weighted by Gasteiger charge is -2.07. The molecule has 1 N–H and O–H groups in total. The minimum absolute atomic E-state index is 0.202. The molecule has 5 rings (SSSR count). The van der Waals surface area contributed by atoms with Gasteiger partial charge in [0.1, 0.15) is 5.69 Å². The standard InChI is InChI=1S/C20H17N9O2/c1-28(2)11-15-24-19(31-27-15)16-25-17-12-7-3-4-8-13(12)22-20(29(17)26-16)23-14-9-5-6-10-21-18(14)30/h3-10H,11H2,1-2H3,(H,21,22,23,30). The molecule has 0 bridgehead atoms. The number of aromatic nitrogens is 7. The molecule has 31 heavy (non-hydrogen) atoms. The Kier molecular flexibility index (Phi) is 4.56. The Labute approximate surface area is 175 Å². The summed E-state index contributed by atoms with van der Waals surface area (Å²) in [5.74, 6) is 1.30. The normalized spacial score (nSPS) is 11.5. The molecule has 0 aliphatic carbocycles. The fourth-order valence-corrected chi connectivity index (χ4v) is 3.09. The smallest absolute Gasteiger partial charge is 0.297 e. The first-order valence-electron chi connectivity index (χ1n) is 9.44. The van der Waals surface area contributed by atoms with Crippen LogP contribution >= 0.6 is 0 Å². The molecule has 1 aromatic carbocycles. The van der Waals surface area contributed by atoms with Crippen LogP contribution < -0.4 is 10.9 Å². The minimum atomic E-state index is -0.418. The van der Waals surface area contributed by atoms with E-state index < -0.39 is 5.56 Å². The van der Waals surface area contributed by atoms with Crippen molar-refractivity contribution in [3.8, 4) is 11.7 Å². The molecule has 4 heterocycles. The van der Waals surface area contributed by atoms with Gasteiger partial charge >= 0.3 is 0 Å². The third-order valence-electron chi connectivity index (χ3n) is 4.42. The van der Waals surface area contributed by atoms with Crippen LogP contribution in [0.1, 0.15) is 5.82 Å². The number of anilines is 2. The fraction of sp³-hybridized carbons (Fsp3) is 0.150. The number of nitrogens with one attached hydrogen (secondary N) is 1. The van der Waals surface area contributed by atoms with E-state index in [1.165, 1.54) is 10.7 Å². The zero-order valence-electron chi connectivity index (χ0n) is 16.7. The highest BCUT2D eigenvalue weighted by Gasteiger charge is 2.19. The Morgan fingerprint density at radius 1 is 1.06 bits per heavy atom. The average Bonchev–Trinajstić information content (AvgIpc) is 3.34. The summed E-state index contributed by atoms with van der Waals surface area (Å²) in [6, 6.07) is 12.5. The van der Waals surface area contributed by atoms with Crippen LogP contribution in [0, 0.1) is 0 Å². The van der Waals surface area contributed by atoms with Crippen molar-refractivity contribution in [1.82, 2.24) is 39.6 Å². The molecule has 0 spiro atoms. The minimum Gasteiger partial charge on any atom is -0.330 e. The van der Waals surface area contributed by atoms with Gasteiger partial charge in [-0.05, 0) is 38.4 Å². The Balaban J connectivity index is 1.67. The lowest BCUT2D eigenvalue weighted by molar-refractivity contribution is 0.365. The number of rotatable bonds is 5. The molecule has 4 aromatic heterocycles. The second kappa shape index (κ2) is 7.54. The summed E-state index contributed by atoms with van der Waals surface area (Å²) >= 11 is 0. The maximum atomic E-state index is 12.3. The van der Waals surface area contributed by atoms with Crippen LogP contribution in [-0.2, 0) is 6.54 Å². The molecule has 0 saturated heterocycles. The first kappa shape index (κ1) is 18.8. The molecule has 154 valence electrons. The van der Waals surface area contributed by atoms with Crippen molar-refractivity contribution in [2.45, 2.75) is 6.54 Å². The Morgan fingerprint density at radius 2 is 1.90 bits per heavy atom. The van der Waals surface area contributed by atoms with Crippen molar-refractivity contribution in [2.24, 2.45) is 0 Å². The molecule has 5 aromatic rings. The number of benzene rings is 1. The van der Waals surface area contributed by atoms with Crippen molar-refractivity contribution in [1.29, 1.82) is 0 Å². The summed E-state index contributed by atoms with van der Waals surface area (Å²) in [7, 11) is 3.83. The highest BCUT2D eigenvalue weighted by molar-refractivity contribution is 5.93. The Hall–Kier alpha value is -4.25. The van der Waals surface area contributed by atoms with Crippen LogP contribution in [0.4, 0.5) is 11.6 Å². The molecule has 0 aliphatic heterocycles. The Bertz CT molecular complexity index is 1460. The van der Waals surface area contributed by atoms with Gasteiger partial charge in [0.05, 0.1) is 12.1 Å². The number of fused-ring (bicyclic) bond motifs is 3. The SMILES string of the molecule is CN(C)Cc1noc(-c2nc3c4ccccc4nc(Nc4ccccnc4=O)n3n2)n1. The lowest BCUT2D eigenvalue weighted by Crippen LogP contribution is -2.11. The second-order valence-electron chi connectivity index (χ2n) is 7.05. The highest BCUT2D eigenvalue weighted by atomic mass is 16.5. The van der Waals surface area contributed by atoms with E-state index in [9.17, 15) is 4.79 Å². The van der Waals surface area contributed by atoms with E-state index in [4.69, 9.17) is 4.52 Å². The van der Waals surface area contributed by atoms with Crippen LogP contribution in [0.2, 0.25) is 0 Å². The lowest BCUT2D eigenvalue weighted by atomic mass is 10.2. The van der Waals surface area contributed by atoms with Crippen LogP contribution in [-0.4, -0.2) is 53.7 Å². The zero-order valence-corrected chi connectivity index (χ0v) is 16.7. The number of para-hydroxylation sites is 1. The van der Waals surface area contributed by atoms with Gasteiger partial charge in [0.25, 0.3) is 11.4 Å². The summed E-state index contributed by atoms with van der Waals surface area (Å²) in [5, 5.41) is 12.3. The van der Waals surface area contributed by atoms with Crippen LogP contribution in [0.3, 0.4) is 0 Å². The third kappa shape index (κ3) is 3.57. The summed E-state index contributed by atoms with van der Waals surface area (Å²) in [5.41, 5.74) is 1.07. The number of hydrogen-bond acceptors (Lipinski definition) is 10. The van der Waals surface area contributed by atoms with Gasteiger partial charge in [-0.15, -0.1) is 5.10 Å². The van der Waals surface area contributed by atoms with Gasteiger partial charge in [-0.2, -0.15) is 9.50 Å². The number of hydrogen-bond donors (Lipinski definition) is 1. The van der Waals surface area contributed by atoms with E-state index in [1.807, 2.05) is 43.3 Å². The van der Waals surface area contributed by atoms with Gasteiger partial charge in [-0.3, -0.25) is 4.79 Å². The molecule has 0 aliphatic rings. The van der Waals surface area contributed by atoms with Crippen LogP contribution in [0.15, 0.2) is 58.0 Å². The van der Waals surface area contributed by atoms with Crippen molar-refractivity contribution >= 4 is 28.2 Å². The van der Waals surface area contributed by atoms with Gasteiger partial charge in [0, 0.05) is 11.6 Å². The maximum Gasteiger partial charge on any atom is 0.297 e. The molecule has 0 fully saturated rings. The molecule has 0 radical (unpaired) electrons. The molecule has 0 amide bonds. The van der Waals surface area contributed by atoms with Gasteiger partial charge in [0.15, 0.2) is 11.5 Å². The first-order valence-corrected chi connectivity index (χ1v) is 9.44. The highest BCUT2D eigenvalue weighted by Crippen LogP contribution is 2.24. The Morgan fingerprint density at radius 3 is 2.77 bits per heavy atom. The average molecular weight is 415 g/mol. The summed E-state index contributed by atoms with van der Waals surface area (Å²) in [6.07, 6.45) is 1.44. The molecule has 0 atom stereocenters. The van der Waals surface area contributed by atoms with E-state index in [2.05, 4.69) is 35.5 Å². The van der Waals surface area contributed by atoms with Crippen LogP contribution in [0.5, 0.6) is 0 Å². The van der Waals surface area contributed by atoms with E-state index >= 15 is 0 Å². The first-order chi connectivity index (χ1) is 15.1. The molecular formula is C20H17N9O2. The summed E-state index contributed by atoms with van der Waals surface area (Å²) < 4.78 is 6.87. The van der Waals surface area contributed by atoms with E-state index in [0.29, 0.717) is 29.5 Å². The molecule has 11 heteroatoms. The predicted octanol–water partition coefficient (Wildman–Crippen LogP) is 1.89.